The summed E-state index contributed by atoms with van der Waals surface area (Å²) in [4.78, 5) is 0. The summed E-state index contributed by atoms with van der Waals surface area (Å²) in [5.41, 5.74) is 0.138. The molecule has 62 valence electrons. The monoisotopic (exact) mass is 152 g/mol. The van der Waals surface area contributed by atoms with Crippen molar-refractivity contribution in [2.24, 2.45) is 11.3 Å². The zero-order valence-corrected chi connectivity index (χ0v) is 7.72. The maximum atomic E-state index is 5.39. The van der Waals surface area contributed by atoms with Crippen LogP contribution in [0.4, 0.5) is 0 Å². The summed E-state index contributed by atoms with van der Waals surface area (Å²) in [6.45, 7) is 8.63. The number of hydrogen-bond acceptors (Lipinski definition) is 1. The fraction of sp³-hybridized carbons (Fsp3) is 0.600. The first-order valence-corrected chi connectivity index (χ1v) is 4.06. The minimum absolute atomic E-state index is 0.138. The highest BCUT2D eigenvalue weighted by atomic mass is 16.5. The second kappa shape index (κ2) is 2.72. The molecular formula is C10H16O. The lowest BCUT2D eigenvalue weighted by Crippen LogP contribution is -2.13. The summed E-state index contributed by atoms with van der Waals surface area (Å²) < 4.78 is 5.39. The van der Waals surface area contributed by atoms with E-state index in [1.807, 2.05) is 0 Å². The van der Waals surface area contributed by atoms with Crippen molar-refractivity contribution in [2.45, 2.75) is 27.7 Å². The Hall–Kier alpha value is -0.720. The molecule has 0 saturated heterocycles. The molecule has 0 aromatic carbocycles. The maximum Gasteiger partial charge on any atom is 0.105 e. The lowest BCUT2D eigenvalue weighted by Gasteiger charge is -2.24. The van der Waals surface area contributed by atoms with Gasteiger partial charge in [-0.3, -0.25) is 0 Å². The van der Waals surface area contributed by atoms with Crippen molar-refractivity contribution in [2.75, 3.05) is 0 Å². The van der Waals surface area contributed by atoms with Gasteiger partial charge in [0.1, 0.15) is 5.76 Å². The van der Waals surface area contributed by atoms with E-state index < -0.39 is 0 Å². The molecule has 1 aliphatic heterocycles. The van der Waals surface area contributed by atoms with Crippen molar-refractivity contribution in [3.8, 4) is 0 Å². The maximum absolute atomic E-state index is 5.39. The summed E-state index contributed by atoms with van der Waals surface area (Å²) in [5, 5.41) is 0. The Bertz CT molecular complexity index is 193. The van der Waals surface area contributed by atoms with Crippen LogP contribution in [-0.2, 0) is 4.74 Å². The van der Waals surface area contributed by atoms with Crippen LogP contribution in [0.25, 0.3) is 0 Å². The quantitative estimate of drug-likeness (QED) is 0.518. The van der Waals surface area contributed by atoms with E-state index in [1.165, 1.54) is 0 Å². The van der Waals surface area contributed by atoms with Gasteiger partial charge in [-0.1, -0.05) is 27.7 Å². The van der Waals surface area contributed by atoms with Crippen molar-refractivity contribution in [1.29, 1.82) is 0 Å². The Morgan fingerprint density at radius 1 is 1.36 bits per heavy atom. The Labute approximate surface area is 68.8 Å². The number of rotatable bonds is 0. The highest BCUT2D eigenvalue weighted by molar-refractivity contribution is 5.12. The van der Waals surface area contributed by atoms with E-state index in [4.69, 9.17) is 4.74 Å². The molecule has 1 aliphatic rings. The first-order valence-electron chi connectivity index (χ1n) is 4.06. The molecule has 0 unspecified atom stereocenters. The Morgan fingerprint density at radius 2 is 2.00 bits per heavy atom. The normalized spacial score (nSPS) is 24.4. The molecule has 0 spiro atoms. The first-order chi connectivity index (χ1) is 5.00. The number of ether oxygens (including phenoxy) is 1. The Kier molecular flexibility index (Phi) is 2.08. The van der Waals surface area contributed by atoms with Crippen LogP contribution in [0, 0.1) is 11.3 Å². The lowest BCUT2D eigenvalue weighted by molar-refractivity contribution is 0.234. The summed E-state index contributed by atoms with van der Waals surface area (Å²) >= 11 is 0. The topological polar surface area (TPSA) is 9.23 Å². The van der Waals surface area contributed by atoms with Gasteiger partial charge in [0.25, 0.3) is 0 Å². The van der Waals surface area contributed by atoms with Crippen molar-refractivity contribution < 1.29 is 4.74 Å². The van der Waals surface area contributed by atoms with Crippen molar-refractivity contribution in [3.05, 3.63) is 24.2 Å². The molecule has 1 rings (SSSR count). The average molecular weight is 152 g/mol. The molecule has 1 heterocycles. The number of allylic oxidation sites excluding steroid dienone is 3. The average Bonchev–Trinajstić information content (AvgIpc) is 1.86. The molecule has 0 aromatic rings. The van der Waals surface area contributed by atoms with Gasteiger partial charge in [0.05, 0.1) is 6.26 Å². The van der Waals surface area contributed by atoms with Crippen LogP contribution in [0.15, 0.2) is 24.2 Å². The van der Waals surface area contributed by atoms with Gasteiger partial charge in [-0.15, -0.1) is 0 Å². The SMILES string of the molecule is C[C@H]1C=COC(C(C)(C)C)=C1. The van der Waals surface area contributed by atoms with Crippen molar-refractivity contribution in [3.63, 3.8) is 0 Å². The Morgan fingerprint density at radius 3 is 2.36 bits per heavy atom. The third-order valence-electron chi connectivity index (χ3n) is 1.73. The molecule has 1 heteroatoms. The van der Waals surface area contributed by atoms with E-state index in [9.17, 15) is 0 Å². The third-order valence-corrected chi connectivity index (χ3v) is 1.73. The van der Waals surface area contributed by atoms with Gasteiger partial charge >= 0.3 is 0 Å². The molecule has 0 radical (unpaired) electrons. The molecule has 0 N–H and O–H groups in total. The summed E-state index contributed by atoms with van der Waals surface area (Å²) in [6, 6.07) is 0. The zero-order chi connectivity index (χ0) is 8.48. The smallest absolute Gasteiger partial charge is 0.105 e. The molecule has 0 fully saturated rings. The molecule has 0 amide bonds. The predicted octanol–water partition coefficient (Wildman–Crippen LogP) is 3.10. The summed E-state index contributed by atoms with van der Waals surface area (Å²) in [5.74, 6) is 1.59. The molecular weight excluding hydrogens is 136 g/mol. The van der Waals surface area contributed by atoms with Crippen LogP contribution in [0.1, 0.15) is 27.7 Å². The van der Waals surface area contributed by atoms with E-state index in [1.54, 1.807) is 6.26 Å². The van der Waals surface area contributed by atoms with Gasteiger partial charge in [0, 0.05) is 5.41 Å². The van der Waals surface area contributed by atoms with Crippen molar-refractivity contribution >= 4 is 0 Å². The fourth-order valence-corrected chi connectivity index (χ4v) is 0.997. The van der Waals surface area contributed by atoms with E-state index in [-0.39, 0.29) is 5.41 Å². The summed E-state index contributed by atoms with van der Waals surface area (Å²) in [6.07, 6.45) is 6.00. The first kappa shape index (κ1) is 8.38. The molecule has 11 heavy (non-hydrogen) atoms. The van der Waals surface area contributed by atoms with Gasteiger partial charge in [-0.25, -0.2) is 0 Å². The highest BCUT2D eigenvalue weighted by Crippen LogP contribution is 2.29. The molecule has 0 aromatic heterocycles. The largest absolute Gasteiger partial charge is 0.469 e. The van der Waals surface area contributed by atoms with E-state index >= 15 is 0 Å². The molecule has 0 saturated carbocycles. The van der Waals surface area contributed by atoms with Gasteiger partial charge in [-0.2, -0.15) is 0 Å². The van der Waals surface area contributed by atoms with Crippen LogP contribution in [0.5, 0.6) is 0 Å². The minimum atomic E-state index is 0.138. The van der Waals surface area contributed by atoms with E-state index in [0.29, 0.717) is 5.92 Å². The molecule has 0 aliphatic carbocycles. The standard InChI is InChI=1S/C10H16O/c1-8-5-6-11-9(7-8)10(2,3)4/h5-8H,1-4H3/t8-/m0/s1. The second-order valence-electron chi connectivity index (χ2n) is 4.09. The second-order valence-corrected chi connectivity index (χ2v) is 4.09. The third kappa shape index (κ3) is 2.11. The molecule has 1 nitrogen and oxygen atoms in total. The fourth-order valence-electron chi connectivity index (χ4n) is 0.997. The van der Waals surface area contributed by atoms with Crippen LogP contribution >= 0.6 is 0 Å². The van der Waals surface area contributed by atoms with Crippen LogP contribution < -0.4 is 0 Å². The van der Waals surface area contributed by atoms with Crippen molar-refractivity contribution in [1.82, 2.24) is 0 Å². The molecule has 0 bridgehead atoms. The summed E-state index contributed by atoms with van der Waals surface area (Å²) in [7, 11) is 0. The molecule has 1 atom stereocenters. The highest BCUT2D eigenvalue weighted by Gasteiger charge is 2.20. The van der Waals surface area contributed by atoms with Gasteiger partial charge in [0.2, 0.25) is 0 Å². The van der Waals surface area contributed by atoms with Gasteiger partial charge in [0.15, 0.2) is 0 Å². The Balaban J connectivity index is 2.75. The van der Waals surface area contributed by atoms with E-state index in [2.05, 4.69) is 39.8 Å². The number of hydrogen-bond donors (Lipinski definition) is 0. The zero-order valence-electron chi connectivity index (χ0n) is 7.72. The van der Waals surface area contributed by atoms with Crippen LogP contribution in [0.2, 0.25) is 0 Å². The van der Waals surface area contributed by atoms with Gasteiger partial charge in [-0.05, 0) is 18.1 Å². The van der Waals surface area contributed by atoms with Crippen LogP contribution in [0.3, 0.4) is 0 Å². The van der Waals surface area contributed by atoms with Gasteiger partial charge < -0.3 is 4.74 Å². The van der Waals surface area contributed by atoms with Crippen LogP contribution in [-0.4, -0.2) is 0 Å². The minimum Gasteiger partial charge on any atom is -0.469 e. The lowest BCUT2D eigenvalue weighted by atomic mass is 9.91. The van der Waals surface area contributed by atoms with E-state index in [0.717, 1.165) is 5.76 Å². The predicted molar refractivity (Wildman–Crippen MR) is 46.9 cm³/mol.